The van der Waals surface area contributed by atoms with Gasteiger partial charge < -0.3 is 19.5 Å². The molecule has 1 N–H and O–H groups in total. The molecular formula is C19H27N3O6. The summed E-state index contributed by atoms with van der Waals surface area (Å²) < 4.78 is 11.0. The van der Waals surface area contributed by atoms with Gasteiger partial charge in [0.15, 0.2) is 0 Å². The third-order valence-electron chi connectivity index (χ3n) is 5.58. The Hall–Kier alpha value is -2.34. The number of fused-ring (bicyclic) bond motifs is 2. The number of hydrogen-bond acceptors (Lipinski definition) is 6. The van der Waals surface area contributed by atoms with Crippen LogP contribution in [0.4, 0.5) is 4.79 Å². The minimum absolute atomic E-state index is 0.135. The first-order valence-electron chi connectivity index (χ1n) is 9.67. The van der Waals surface area contributed by atoms with Gasteiger partial charge in [0, 0.05) is 6.54 Å². The quantitative estimate of drug-likeness (QED) is 0.766. The van der Waals surface area contributed by atoms with Gasteiger partial charge in [-0.25, -0.2) is 9.59 Å². The van der Waals surface area contributed by atoms with Crippen LogP contribution in [-0.4, -0.2) is 75.9 Å². The molecule has 9 nitrogen and oxygen atoms in total. The van der Waals surface area contributed by atoms with E-state index in [1.54, 1.807) is 25.7 Å². The Morgan fingerprint density at radius 2 is 1.96 bits per heavy atom. The van der Waals surface area contributed by atoms with Crippen LogP contribution in [0.1, 0.15) is 46.5 Å². The Kier molecular flexibility index (Phi) is 5.53. The summed E-state index contributed by atoms with van der Waals surface area (Å²) in [6.45, 7) is 5.31. The zero-order chi connectivity index (χ0) is 20.6. The Balaban J connectivity index is 1.82. The summed E-state index contributed by atoms with van der Waals surface area (Å²) in [5, 5.41) is 18.2. The first kappa shape index (κ1) is 20.4. The summed E-state index contributed by atoms with van der Waals surface area (Å²) in [5.74, 6) is -1.43. The number of piperidine rings is 1. The number of nitrogens with zero attached hydrogens (tertiary/aromatic N) is 3. The fraction of sp³-hybridized carbons (Fsp3) is 0.789. The van der Waals surface area contributed by atoms with Gasteiger partial charge in [0.25, 0.3) is 0 Å². The summed E-state index contributed by atoms with van der Waals surface area (Å²) in [6.07, 6.45) is 1.43. The van der Waals surface area contributed by atoms with E-state index in [0.717, 1.165) is 6.42 Å². The number of carboxylic acid groups (broad SMARTS) is 1. The van der Waals surface area contributed by atoms with Gasteiger partial charge in [-0.15, -0.1) is 0 Å². The molecule has 2 heterocycles. The van der Waals surface area contributed by atoms with Gasteiger partial charge in [0.1, 0.15) is 24.3 Å². The van der Waals surface area contributed by atoms with Gasteiger partial charge in [-0.3, -0.25) is 9.69 Å². The molecule has 0 spiro atoms. The third-order valence-corrected chi connectivity index (χ3v) is 5.58. The molecule has 0 aromatic carbocycles. The molecule has 3 rings (SSSR count). The monoisotopic (exact) mass is 393 g/mol. The van der Waals surface area contributed by atoms with Crippen molar-refractivity contribution in [1.29, 1.82) is 5.26 Å². The first-order chi connectivity index (χ1) is 13.1. The lowest BCUT2D eigenvalue weighted by molar-refractivity contribution is -0.149. The van der Waals surface area contributed by atoms with E-state index in [0.29, 0.717) is 25.8 Å². The van der Waals surface area contributed by atoms with Crippen LogP contribution < -0.4 is 0 Å². The molecule has 9 heteroatoms. The number of likely N-dealkylation sites (tertiary alicyclic amines) is 2. The second-order valence-electron chi connectivity index (χ2n) is 8.69. The lowest BCUT2D eigenvalue weighted by Crippen LogP contribution is -2.58. The van der Waals surface area contributed by atoms with Gasteiger partial charge in [0.2, 0.25) is 5.91 Å². The molecule has 3 fully saturated rings. The maximum absolute atomic E-state index is 13.3. The van der Waals surface area contributed by atoms with Crippen molar-refractivity contribution in [2.45, 2.75) is 76.3 Å². The topological polar surface area (TPSA) is 120 Å². The summed E-state index contributed by atoms with van der Waals surface area (Å²) in [4.78, 5) is 40.0. The van der Waals surface area contributed by atoms with Crippen molar-refractivity contribution in [3.8, 4) is 6.07 Å². The Labute approximate surface area is 164 Å². The molecule has 0 aromatic rings. The van der Waals surface area contributed by atoms with Crippen LogP contribution in [0.15, 0.2) is 0 Å². The van der Waals surface area contributed by atoms with E-state index < -0.39 is 48.5 Å². The summed E-state index contributed by atoms with van der Waals surface area (Å²) in [5.41, 5.74) is -0.729. The van der Waals surface area contributed by atoms with E-state index in [4.69, 9.17) is 14.6 Å². The van der Waals surface area contributed by atoms with Crippen molar-refractivity contribution in [2.24, 2.45) is 5.92 Å². The largest absolute Gasteiger partial charge is 0.480 e. The standard InChI is InChI=1S/C19H27N3O6/c1-19(2,3)28-18(26)22-13-7-11(8-14(13)27-10-15(23)24)16(22)17(25)21-6-4-5-12(21)9-20/h11-14,16H,4-8,10H2,1-3H3,(H,23,24)/t11-,12+,13+,14-,16+/m1/s1. The van der Waals surface area contributed by atoms with Crippen LogP contribution in [0.25, 0.3) is 0 Å². The average molecular weight is 393 g/mol. The van der Waals surface area contributed by atoms with Crippen LogP contribution in [0.5, 0.6) is 0 Å². The average Bonchev–Trinajstić information content (AvgIpc) is 3.30. The van der Waals surface area contributed by atoms with Crippen molar-refractivity contribution in [3.63, 3.8) is 0 Å². The highest BCUT2D eigenvalue weighted by molar-refractivity contribution is 5.88. The molecule has 2 aliphatic heterocycles. The predicted molar refractivity (Wildman–Crippen MR) is 96.1 cm³/mol. The number of hydrogen-bond donors (Lipinski definition) is 1. The highest BCUT2D eigenvalue weighted by atomic mass is 16.6. The maximum atomic E-state index is 13.3. The number of nitriles is 1. The summed E-state index contributed by atoms with van der Waals surface area (Å²) >= 11 is 0. The summed E-state index contributed by atoms with van der Waals surface area (Å²) in [6, 6.07) is 0.598. The second-order valence-corrected chi connectivity index (χ2v) is 8.69. The number of aliphatic carboxylic acids is 1. The number of amides is 2. The molecule has 2 saturated heterocycles. The zero-order valence-electron chi connectivity index (χ0n) is 16.5. The fourth-order valence-electron chi connectivity index (χ4n) is 4.57. The molecule has 154 valence electrons. The summed E-state index contributed by atoms with van der Waals surface area (Å²) in [7, 11) is 0. The Morgan fingerprint density at radius 3 is 2.57 bits per heavy atom. The van der Waals surface area contributed by atoms with Crippen molar-refractivity contribution in [3.05, 3.63) is 0 Å². The number of carbonyl (C=O) groups is 3. The van der Waals surface area contributed by atoms with Crippen molar-refractivity contribution >= 4 is 18.0 Å². The molecule has 3 aliphatic rings. The van der Waals surface area contributed by atoms with Crippen LogP contribution in [0, 0.1) is 17.2 Å². The van der Waals surface area contributed by atoms with Crippen molar-refractivity contribution in [2.75, 3.05) is 13.2 Å². The maximum Gasteiger partial charge on any atom is 0.411 e. The number of carboxylic acids is 1. The molecule has 0 unspecified atom stereocenters. The van der Waals surface area contributed by atoms with Crippen LogP contribution in [-0.2, 0) is 19.1 Å². The molecule has 2 amide bonds. The van der Waals surface area contributed by atoms with Gasteiger partial charge in [0.05, 0.1) is 18.2 Å². The molecule has 28 heavy (non-hydrogen) atoms. The third kappa shape index (κ3) is 3.92. The number of carbonyl (C=O) groups excluding carboxylic acids is 2. The zero-order valence-corrected chi connectivity index (χ0v) is 16.5. The SMILES string of the molecule is CC(C)(C)OC(=O)N1[C@H](C(=O)N2CCC[C@H]2C#N)[C@H]2C[C@@H](OCC(=O)O)[C@@H]1C2. The van der Waals surface area contributed by atoms with E-state index in [1.165, 1.54) is 4.90 Å². The molecule has 0 aromatic heterocycles. The minimum atomic E-state index is -1.08. The highest BCUT2D eigenvalue weighted by Gasteiger charge is 2.58. The van der Waals surface area contributed by atoms with Crippen LogP contribution >= 0.6 is 0 Å². The fourth-order valence-corrected chi connectivity index (χ4v) is 4.57. The Morgan fingerprint density at radius 1 is 1.25 bits per heavy atom. The lowest BCUT2D eigenvalue weighted by atomic mass is 9.96. The highest BCUT2D eigenvalue weighted by Crippen LogP contribution is 2.45. The lowest BCUT2D eigenvalue weighted by Gasteiger charge is -2.40. The molecule has 1 saturated carbocycles. The van der Waals surface area contributed by atoms with E-state index in [2.05, 4.69) is 6.07 Å². The van der Waals surface area contributed by atoms with Crippen molar-refractivity contribution in [1.82, 2.24) is 9.80 Å². The van der Waals surface area contributed by atoms with Gasteiger partial charge in [-0.2, -0.15) is 5.26 Å². The van der Waals surface area contributed by atoms with Gasteiger partial charge in [-0.05, 0) is 52.4 Å². The van der Waals surface area contributed by atoms with Gasteiger partial charge >= 0.3 is 12.1 Å². The second kappa shape index (κ2) is 7.59. The minimum Gasteiger partial charge on any atom is -0.480 e. The molecule has 5 atom stereocenters. The predicted octanol–water partition coefficient (Wildman–Crippen LogP) is 1.37. The van der Waals surface area contributed by atoms with Crippen LogP contribution in [0.3, 0.4) is 0 Å². The molecular weight excluding hydrogens is 366 g/mol. The van der Waals surface area contributed by atoms with E-state index >= 15 is 0 Å². The van der Waals surface area contributed by atoms with E-state index in [9.17, 15) is 19.6 Å². The normalized spacial score (nSPS) is 31.7. The Bertz CT molecular complexity index is 697. The first-order valence-corrected chi connectivity index (χ1v) is 9.67. The van der Waals surface area contributed by atoms with E-state index in [-0.39, 0.29) is 11.8 Å². The molecule has 1 aliphatic carbocycles. The molecule has 2 bridgehead atoms. The number of ether oxygens (including phenoxy) is 2. The smallest absolute Gasteiger partial charge is 0.411 e. The van der Waals surface area contributed by atoms with E-state index in [1.807, 2.05) is 0 Å². The number of rotatable bonds is 4. The van der Waals surface area contributed by atoms with Gasteiger partial charge in [-0.1, -0.05) is 0 Å². The van der Waals surface area contributed by atoms with Crippen LogP contribution in [0.2, 0.25) is 0 Å². The molecule has 0 radical (unpaired) electrons. The van der Waals surface area contributed by atoms with Crippen molar-refractivity contribution < 1.29 is 29.0 Å².